The van der Waals surface area contributed by atoms with Crippen LogP contribution in [0.15, 0.2) is 40.2 Å². The number of benzene rings is 2. The van der Waals surface area contributed by atoms with Crippen molar-refractivity contribution in [2.45, 2.75) is 31.4 Å². The van der Waals surface area contributed by atoms with E-state index >= 15 is 0 Å². The molecule has 1 heterocycles. The summed E-state index contributed by atoms with van der Waals surface area (Å²) in [6, 6.07) is 6.70. The molecular formula is C21H23F2N3O4S. The number of methoxy groups -OCH3 is 1. The second-order valence-corrected chi connectivity index (χ2v) is 9.44. The normalized spacial score (nSPS) is 18.4. The Morgan fingerprint density at radius 1 is 1.16 bits per heavy atom. The molecule has 31 heavy (non-hydrogen) atoms. The molecule has 0 aliphatic carbocycles. The van der Waals surface area contributed by atoms with Crippen molar-refractivity contribution in [2.24, 2.45) is 4.99 Å². The summed E-state index contributed by atoms with van der Waals surface area (Å²) in [4.78, 5) is 18.6. The SMILES string of the molecule is COC1CN(Cc2ccc(F)c(F)c2)C(=Nc2cc(S(C)(=O)=O)c(C)cc2C)NC1=O. The topological polar surface area (TPSA) is 88.1 Å². The number of hydrogen-bond acceptors (Lipinski definition) is 5. The van der Waals surface area contributed by atoms with Crippen LogP contribution in [-0.2, 0) is 25.9 Å². The number of aliphatic imine (C=N–C) groups is 1. The third-order valence-corrected chi connectivity index (χ3v) is 6.21. The fraction of sp³-hybridized carbons (Fsp3) is 0.333. The summed E-state index contributed by atoms with van der Waals surface area (Å²) >= 11 is 0. The van der Waals surface area contributed by atoms with Crippen LogP contribution in [0.2, 0.25) is 0 Å². The third kappa shape index (κ3) is 5.08. The van der Waals surface area contributed by atoms with Crippen molar-refractivity contribution in [1.82, 2.24) is 10.2 Å². The van der Waals surface area contributed by atoms with Gasteiger partial charge in [0.1, 0.15) is 0 Å². The van der Waals surface area contributed by atoms with Gasteiger partial charge in [0, 0.05) is 19.9 Å². The fourth-order valence-electron chi connectivity index (χ4n) is 3.37. The van der Waals surface area contributed by atoms with Crippen molar-refractivity contribution in [1.29, 1.82) is 0 Å². The highest BCUT2D eigenvalue weighted by Crippen LogP contribution is 2.27. The summed E-state index contributed by atoms with van der Waals surface area (Å²) in [5.41, 5.74) is 2.14. The Labute approximate surface area is 179 Å². The van der Waals surface area contributed by atoms with Gasteiger partial charge in [0.2, 0.25) is 5.96 Å². The maximum atomic E-state index is 13.7. The minimum absolute atomic E-state index is 0.125. The van der Waals surface area contributed by atoms with E-state index in [1.807, 2.05) is 0 Å². The number of carbonyl (C=O) groups excluding carboxylic acids is 1. The van der Waals surface area contributed by atoms with Crippen molar-refractivity contribution in [2.75, 3.05) is 19.9 Å². The molecule has 1 saturated heterocycles. The number of carbonyl (C=O) groups is 1. The molecule has 2 aromatic carbocycles. The van der Waals surface area contributed by atoms with E-state index in [4.69, 9.17) is 4.74 Å². The number of nitrogens with one attached hydrogen (secondary N) is 1. The summed E-state index contributed by atoms with van der Waals surface area (Å²) in [5.74, 6) is -2.18. The van der Waals surface area contributed by atoms with E-state index in [0.29, 0.717) is 22.4 Å². The van der Waals surface area contributed by atoms with E-state index in [1.54, 1.807) is 24.8 Å². The first kappa shape index (κ1) is 22.8. The Morgan fingerprint density at radius 2 is 1.87 bits per heavy atom. The molecule has 0 radical (unpaired) electrons. The van der Waals surface area contributed by atoms with Crippen molar-refractivity contribution in [3.05, 3.63) is 58.7 Å². The predicted molar refractivity (Wildman–Crippen MR) is 112 cm³/mol. The van der Waals surface area contributed by atoms with Crippen LogP contribution >= 0.6 is 0 Å². The second kappa shape index (κ2) is 8.72. The maximum Gasteiger partial charge on any atom is 0.257 e. The number of guanidine groups is 1. The number of aryl methyl sites for hydroxylation is 2. The van der Waals surface area contributed by atoms with Crippen LogP contribution in [0, 0.1) is 25.5 Å². The molecule has 1 aliphatic rings. The lowest BCUT2D eigenvalue weighted by atomic mass is 10.1. The lowest BCUT2D eigenvalue weighted by molar-refractivity contribution is -0.132. The predicted octanol–water partition coefficient (Wildman–Crippen LogP) is 2.62. The molecule has 0 spiro atoms. The molecule has 1 aliphatic heterocycles. The molecule has 0 bridgehead atoms. The molecule has 166 valence electrons. The third-order valence-electron chi connectivity index (χ3n) is 4.97. The van der Waals surface area contributed by atoms with Gasteiger partial charge in [-0.1, -0.05) is 12.1 Å². The first-order valence-corrected chi connectivity index (χ1v) is 11.3. The van der Waals surface area contributed by atoms with Gasteiger partial charge in [0.05, 0.1) is 17.1 Å². The lowest BCUT2D eigenvalue weighted by Gasteiger charge is -2.34. The molecule has 1 amide bonds. The van der Waals surface area contributed by atoms with Gasteiger partial charge in [-0.15, -0.1) is 0 Å². The zero-order chi connectivity index (χ0) is 22.9. The summed E-state index contributed by atoms with van der Waals surface area (Å²) in [6.07, 6.45) is 0.331. The Morgan fingerprint density at radius 3 is 2.48 bits per heavy atom. The van der Waals surface area contributed by atoms with Gasteiger partial charge in [-0.05, 0) is 48.7 Å². The van der Waals surface area contributed by atoms with E-state index < -0.39 is 33.5 Å². The van der Waals surface area contributed by atoms with Crippen molar-refractivity contribution in [3.63, 3.8) is 0 Å². The van der Waals surface area contributed by atoms with E-state index in [2.05, 4.69) is 10.3 Å². The Kier molecular flexibility index (Phi) is 6.42. The molecule has 1 N–H and O–H groups in total. The zero-order valence-corrected chi connectivity index (χ0v) is 18.4. The first-order chi connectivity index (χ1) is 14.5. The molecule has 2 aromatic rings. The van der Waals surface area contributed by atoms with Crippen LogP contribution in [0.3, 0.4) is 0 Å². The number of nitrogens with zero attached hydrogens (tertiary/aromatic N) is 2. The quantitative estimate of drug-likeness (QED) is 0.755. The molecule has 0 aromatic heterocycles. The number of hydrogen-bond donors (Lipinski definition) is 1. The Hall–Kier alpha value is -2.85. The number of amides is 1. The Balaban J connectivity index is 2.04. The second-order valence-electron chi connectivity index (χ2n) is 7.45. The molecule has 1 unspecified atom stereocenters. The van der Waals surface area contributed by atoms with Crippen LogP contribution in [0.1, 0.15) is 16.7 Å². The van der Waals surface area contributed by atoms with Gasteiger partial charge in [0.25, 0.3) is 5.91 Å². The average molecular weight is 451 g/mol. The van der Waals surface area contributed by atoms with Crippen LogP contribution in [0.5, 0.6) is 0 Å². The van der Waals surface area contributed by atoms with E-state index in [1.165, 1.54) is 19.2 Å². The number of halogens is 2. The molecule has 1 atom stereocenters. The molecule has 7 nitrogen and oxygen atoms in total. The summed E-state index contributed by atoms with van der Waals surface area (Å²) in [7, 11) is -2.08. The first-order valence-electron chi connectivity index (χ1n) is 9.42. The van der Waals surface area contributed by atoms with E-state index in [9.17, 15) is 22.0 Å². The minimum Gasteiger partial charge on any atom is -0.370 e. The maximum absolute atomic E-state index is 13.7. The minimum atomic E-state index is -3.48. The van der Waals surface area contributed by atoms with Crippen molar-refractivity contribution < 1.29 is 26.7 Å². The largest absolute Gasteiger partial charge is 0.370 e. The Bertz CT molecular complexity index is 1170. The number of sulfone groups is 1. The van der Waals surface area contributed by atoms with E-state index in [-0.39, 0.29) is 23.9 Å². The highest BCUT2D eigenvalue weighted by molar-refractivity contribution is 7.90. The average Bonchev–Trinajstić information content (AvgIpc) is 2.67. The van der Waals surface area contributed by atoms with Crippen LogP contribution in [0.4, 0.5) is 14.5 Å². The van der Waals surface area contributed by atoms with E-state index in [0.717, 1.165) is 18.4 Å². The summed E-state index contributed by atoms with van der Waals surface area (Å²) in [6.45, 7) is 3.73. The summed E-state index contributed by atoms with van der Waals surface area (Å²) in [5, 5.41) is 2.66. The number of ether oxygens (including phenoxy) is 1. The lowest BCUT2D eigenvalue weighted by Crippen LogP contribution is -2.57. The molecule has 3 rings (SSSR count). The standard InChI is InChI=1S/C21H23F2N3O4S/c1-12-7-13(2)19(31(4,28)29)9-17(12)24-21-25-20(27)18(30-3)11-26(21)10-14-5-6-15(22)16(23)8-14/h5-9,18H,10-11H2,1-4H3,(H,24,25,27). The van der Waals surface area contributed by atoms with Crippen LogP contribution in [0.25, 0.3) is 0 Å². The monoisotopic (exact) mass is 451 g/mol. The van der Waals surface area contributed by atoms with Gasteiger partial charge in [-0.3, -0.25) is 10.1 Å². The fourth-order valence-corrected chi connectivity index (χ4v) is 4.34. The molecule has 1 fully saturated rings. The smallest absolute Gasteiger partial charge is 0.257 e. The van der Waals surface area contributed by atoms with Gasteiger partial charge in [-0.25, -0.2) is 22.2 Å². The van der Waals surface area contributed by atoms with Gasteiger partial charge in [0.15, 0.2) is 27.6 Å². The summed E-state index contributed by atoms with van der Waals surface area (Å²) < 4.78 is 56.3. The van der Waals surface area contributed by atoms with Crippen molar-refractivity contribution >= 4 is 27.4 Å². The van der Waals surface area contributed by atoms with Crippen LogP contribution < -0.4 is 5.32 Å². The highest BCUT2D eigenvalue weighted by Gasteiger charge is 2.31. The zero-order valence-electron chi connectivity index (χ0n) is 17.6. The van der Waals surface area contributed by atoms with Gasteiger partial charge < -0.3 is 9.64 Å². The van der Waals surface area contributed by atoms with Gasteiger partial charge in [-0.2, -0.15) is 0 Å². The van der Waals surface area contributed by atoms with Crippen molar-refractivity contribution in [3.8, 4) is 0 Å². The van der Waals surface area contributed by atoms with Crippen LogP contribution in [-0.4, -0.2) is 51.2 Å². The molecule has 0 saturated carbocycles. The highest BCUT2D eigenvalue weighted by atomic mass is 32.2. The number of rotatable bonds is 5. The van der Waals surface area contributed by atoms with Gasteiger partial charge >= 0.3 is 0 Å². The molecule has 10 heteroatoms. The molecular weight excluding hydrogens is 428 g/mol.